The van der Waals surface area contributed by atoms with Crippen LogP contribution >= 0.6 is 27.7 Å². The van der Waals surface area contributed by atoms with E-state index in [2.05, 4.69) is 26.2 Å². The van der Waals surface area contributed by atoms with Crippen molar-refractivity contribution in [2.75, 3.05) is 12.3 Å². The average Bonchev–Trinajstić information content (AvgIpc) is 3.20. The van der Waals surface area contributed by atoms with Crippen molar-refractivity contribution in [1.29, 1.82) is 0 Å². The van der Waals surface area contributed by atoms with Crippen molar-refractivity contribution >= 4 is 33.6 Å². The first-order valence-electron chi connectivity index (χ1n) is 6.38. The van der Waals surface area contributed by atoms with Crippen LogP contribution in [-0.4, -0.2) is 28.7 Å². The molecule has 1 unspecified atom stereocenters. The van der Waals surface area contributed by atoms with Gasteiger partial charge >= 0.3 is 0 Å². The summed E-state index contributed by atoms with van der Waals surface area (Å²) in [5, 5.41) is 4.22. The van der Waals surface area contributed by atoms with Gasteiger partial charge < -0.3 is 11.1 Å². The Kier molecular flexibility index (Phi) is 4.86. The molecule has 3 N–H and O–H groups in total. The van der Waals surface area contributed by atoms with Gasteiger partial charge in [-0.3, -0.25) is 4.79 Å². The number of carbonyl (C=O) groups is 1. The minimum absolute atomic E-state index is 0.249. The van der Waals surface area contributed by atoms with Crippen LogP contribution in [0.5, 0.6) is 0 Å². The summed E-state index contributed by atoms with van der Waals surface area (Å²) in [5.41, 5.74) is 5.06. The first kappa shape index (κ1) is 14.8. The molecule has 1 saturated carbocycles. The van der Waals surface area contributed by atoms with E-state index < -0.39 is 5.54 Å². The first-order chi connectivity index (χ1) is 9.08. The van der Waals surface area contributed by atoms with Crippen molar-refractivity contribution in [1.82, 2.24) is 10.3 Å². The summed E-state index contributed by atoms with van der Waals surface area (Å²) in [6, 6.07) is 3.89. The summed E-state index contributed by atoms with van der Waals surface area (Å²) < 4.78 is 0.951. The molecule has 0 spiro atoms. The highest BCUT2D eigenvalue weighted by Gasteiger charge is 2.49. The largest absolute Gasteiger partial charge is 0.368 e. The third kappa shape index (κ3) is 3.49. The molecule has 0 radical (unpaired) electrons. The van der Waals surface area contributed by atoms with Gasteiger partial charge in [0.15, 0.2) is 0 Å². The van der Waals surface area contributed by atoms with E-state index in [4.69, 9.17) is 5.73 Å². The molecule has 6 heteroatoms. The molecular weight excluding hydrogens is 326 g/mol. The van der Waals surface area contributed by atoms with Crippen LogP contribution in [0.3, 0.4) is 0 Å². The van der Waals surface area contributed by atoms with E-state index in [9.17, 15) is 4.79 Å². The summed E-state index contributed by atoms with van der Waals surface area (Å²) >= 11 is 4.94. The fraction of sp³-hybridized carbons (Fsp3) is 0.538. The fourth-order valence-electron chi connectivity index (χ4n) is 2.20. The number of hydrogen-bond acceptors (Lipinski definition) is 4. The van der Waals surface area contributed by atoms with Crippen molar-refractivity contribution in [2.45, 2.75) is 30.3 Å². The zero-order valence-electron chi connectivity index (χ0n) is 10.9. The predicted molar refractivity (Wildman–Crippen MR) is 81.0 cm³/mol. The van der Waals surface area contributed by atoms with Crippen LogP contribution in [0.4, 0.5) is 0 Å². The zero-order valence-corrected chi connectivity index (χ0v) is 13.3. The number of hydrogen-bond donors (Lipinski definition) is 2. The number of carbonyl (C=O) groups excluding carboxylic acids is 1. The number of amides is 1. The van der Waals surface area contributed by atoms with Gasteiger partial charge in [0.2, 0.25) is 5.91 Å². The lowest BCUT2D eigenvalue weighted by atomic mass is 9.94. The number of aromatic nitrogens is 1. The van der Waals surface area contributed by atoms with Gasteiger partial charge in [-0.1, -0.05) is 6.92 Å². The molecule has 1 amide bonds. The van der Waals surface area contributed by atoms with Gasteiger partial charge in [-0.25, -0.2) is 4.98 Å². The molecule has 1 heterocycles. The van der Waals surface area contributed by atoms with E-state index in [0.29, 0.717) is 11.7 Å². The number of rotatable bonds is 7. The van der Waals surface area contributed by atoms with Crippen molar-refractivity contribution < 1.29 is 4.79 Å². The van der Waals surface area contributed by atoms with E-state index in [1.165, 1.54) is 0 Å². The molecule has 0 aliphatic heterocycles. The van der Waals surface area contributed by atoms with Crippen molar-refractivity contribution in [3.05, 3.63) is 22.8 Å². The number of nitrogens with zero attached hydrogens (tertiary/aromatic N) is 1. The maximum Gasteiger partial charge on any atom is 0.238 e. The highest BCUT2D eigenvalue weighted by atomic mass is 79.9. The van der Waals surface area contributed by atoms with Crippen molar-refractivity contribution in [2.24, 2.45) is 11.7 Å². The standard InChI is InChI=1S/C13H18BrN3OS/c1-2-17-13(12(15)18,9-3-4-9)8-19-11-6-5-10(14)7-16-11/h5-7,9,17H,2-4,8H2,1H3,(H2,15,18). The molecule has 4 nitrogen and oxygen atoms in total. The molecule has 104 valence electrons. The lowest BCUT2D eigenvalue weighted by molar-refractivity contribution is -0.124. The zero-order chi connectivity index (χ0) is 13.9. The number of halogens is 1. The Balaban J connectivity index is 2.07. The topological polar surface area (TPSA) is 68.0 Å². The van der Waals surface area contributed by atoms with Crippen LogP contribution in [0.1, 0.15) is 19.8 Å². The molecule has 0 aromatic carbocycles. The lowest BCUT2D eigenvalue weighted by Crippen LogP contribution is -2.59. The first-order valence-corrected chi connectivity index (χ1v) is 8.15. The normalized spacial score (nSPS) is 18.0. The average molecular weight is 344 g/mol. The Morgan fingerprint density at radius 3 is 2.84 bits per heavy atom. The molecule has 19 heavy (non-hydrogen) atoms. The van der Waals surface area contributed by atoms with Crippen molar-refractivity contribution in [3.8, 4) is 0 Å². The molecule has 1 aromatic heterocycles. The number of likely N-dealkylation sites (N-methyl/N-ethyl adjacent to an activating group) is 1. The van der Waals surface area contributed by atoms with Crippen LogP contribution in [0, 0.1) is 5.92 Å². The number of primary amides is 1. The summed E-state index contributed by atoms with van der Waals surface area (Å²) in [4.78, 5) is 16.2. The van der Waals surface area contributed by atoms with E-state index in [1.54, 1.807) is 18.0 Å². The quantitative estimate of drug-likeness (QED) is 0.744. The maximum absolute atomic E-state index is 11.9. The molecule has 2 rings (SSSR count). The number of thioether (sulfide) groups is 1. The Morgan fingerprint density at radius 1 is 1.63 bits per heavy atom. The van der Waals surface area contributed by atoms with Crippen LogP contribution in [0.25, 0.3) is 0 Å². The highest BCUT2D eigenvalue weighted by Crippen LogP contribution is 2.42. The van der Waals surface area contributed by atoms with Crippen molar-refractivity contribution in [3.63, 3.8) is 0 Å². The molecule has 1 fully saturated rings. The van der Waals surface area contributed by atoms with Gasteiger partial charge in [0.05, 0.1) is 5.03 Å². The smallest absolute Gasteiger partial charge is 0.238 e. The SMILES string of the molecule is CCNC(CSc1ccc(Br)cn1)(C(N)=O)C1CC1. The third-order valence-electron chi connectivity index (χ3n) is 3.35. The second-order valence-corrected chi connectivity index (χ2v) is 6.65. The molecular formula is C13H18BrN3OS. The van der Waals surface area contributed by atoms with Gasteiger partial charge in [0.1, 0.15) is 5.54 Å². The van der Waals surface area contributed by atoms with E-state index in [-0.39, 0.29) is 5.91 Å². The molecule has 0 bridgehead atoms. The molecule has 1 aromatic rings. The predicted octanol–water partition coefficient (Wildman–Crippen LogP) is 2.18. The Bertz CT molecular complexity index is 450. The summed E-state index contributed by atoms with van der Waals surface area (Å²) in [6.45, 7) is 2.75. The number of nitrogens with one attached hydrogen (secondary N) is 1. The van der Waals surface area contributed by atoms with Gasteiger partial charge in [0.25, 0.3) is 0 Å². The van der Waals surface area contributed by atoms with Gasteiger partial charge in [-0.15, -0.1) is 11.8 Å². The number of pyridine rings is 1. The maximum atomic E-state index is 11.9. The van der Waals surface area contributed by atoms with Crippen LogP contribution < -0.4 is 11.1 Å². The van der Waals surface area contributed by atoms with Gasteiger partial charge in [-0.2, -0.15) is 0 Å². The highest BCUT2D eigenvalue weighted by molar-refractivity contribution is 9.10. The Hall–Kier alpha value is -0.590. The second-order valence-electron chi connectivity index (χ2n) is 4.74. The fourth-order valence-corrected chi connectivity index (χ4v) is 3.58. The molecule has 1 atom stereocenters. The van der Waals surface area contributed by atoms with Crippen LogP contribution in [0.2, 0.25) is 0 Å². The second kappa shape index (κ2) is 6.24. The van der Waals surface area contributed by atoms with Gasteiger partial charge in [-0.05, 0) is 53.4 Å². The summed E-state index contributed by atoms with van der Waals surface area (Å²) in [7, 11) is 0. The van der Waals surface area contributed by atoms with Crippen LogP contribution in [-0.2, 0) is 4.79 Å². The summed E-state index contributed by atoms with van der Waals surface area (Å²) in [5.74, 6) is 0.754. The Morgan fingerprint density at radius 2 is 2.37 bits per heavy atom. The lowest BCUT2D eigenvalue weighted by Gasteiger charge is -2.31. The third-order valence-corrected chi connectivity index (χ3v) is 4.96. The monoisotopic (exact) mass is 343 g/mol. The van der Waals surface area contributed by atoms with Crippen LogP contribution in [0.15, 0.2) is 27.8 Å². The minimum atomic E-state index is -0.589. The molecule has 1 aliphatic rings. The minimum Gasteiger partial charge on any atom is -0.368 e. The number of nitrogens with two attached hydrogens (primary N) is 1. The van der Waals surface area contributed by atoms with E-state index >= 15 is 0 Å². The van der Waals surface area contributed by atoms with E-state index in [1.807, 2.05) is 19.1 Å². The molecule has 1 aliphatic carbocycles. The Labute approximate surface area is 126 Å². The van der Waals surface area contributed by atoms with E-state index in [0.717, 1.165) is 28.9 Å². The van der Waals surface area contributed by atoms with Gasteiger partial charge in [0, 0.05) is 16.4 Å². The summed E-state index contributed by atoms with van der Waals surface area (Å²) in [6.07, 6.45) is 3.91. The molecule has 0 saturated heterocycles.